The monoisotopic (exact) mass is 160 g/mol. The van der Waals surface area contributed by atoms with E-state index in [1.165, 1.54) is 11.1 Å². The van der Waals surface area contributed by atoms with Crippen LogP contribution in [0.2, 0.25) is 0 Å². The van der Waals surface area contributed by atoms with Crippen LogP contribution in [-0.2, 0) is 4.79 Å². The van der Waals surface area contributed by atoms with Gasteiger partial charge in [-0.3, -0.25) is 4.79 Å². The molecule has 62 valence electrons. The minimum Gasteiger partial charge on any atom is -0.724 e. The summed E-state index contributed by atoms with van der Waals surface area (Å²) in [6, 6.07) is 8.19. The predicted octanol–water partition coefficient (Wildman–Crippen LogP) is 2.53. The summed E-state index contributed by atoms with van der Waals surface area (Å²) in [5.41, 5.74) is 2.50. The van der Waals surface area contributed by atoms with Crippen LogP contribution in [0.1, 0.15) is 11.1 Å². The van der Waals surface area contributed by atoms with E-state index < -0.39 is 0 Å². The van der Waals surface area contributed by atoms with Crippen molar-refractivity contribution in [3.05, 3.63) is 47.4 Å². The van der Waals surface area contributed by atoms with Crippen LogP contribution in [-0.4, -0.2) is 6.08 Å². The Labute approximate surface area is 72.1 Å². The van der Waals surface area contributed by atoms with Gasteiger partial charge in [0.25, 0.3) is 0 Å². The highest BCUT2D eigenvalue weighted by Crippen LogP contribution is 2.06. The molecule has 0 spiro atoms. The number of aryl methyl sites for hydroxylation is 1. The maximum atomic E-state index is 8.24. The Hall–Kier alpha value is -1.66. The lowest BCUT2D eigenvalue weighted by Crippen LogP contribution is -1.75. The van der Waals surface area contributed by atoms with Crippen LogP contribution in [0.25, 0.3) is 11.5 Å². The second kappa shape index (κ2) is 6.08. The average Bonchev–Trinajstić information content (AvgIpc) is 2.07. The highest BCUT2D eigenvalue weighted by atomic mass is 16.1. The Morgan fingerprint density at radius 3 is 2.33 bits per heavy atom. The highest BCUT2D eigenvalue weighted by molar-refractivity contribution is 5.50. The van der Waals surface area contributed by atoms with Crippen LogP contribution in [0.5, 0.6) is 0 Å². The molecule has 0 radical (unpaired) electrons. The van der Waals surface area contributed by atoms with E-state index in [4.69, 9.17) is 10.2 Å². The van der Waals surface area contributed by atoms with Crippen LogP contribution in [0.4, 0.5) is 0 Å². The summed E-state index contributed by atoms with van der Waals surface area (Å²) in [5, 5.41) is 6.76. The molecule has 0 amide bonds. The molecule has 0 saturated heterocycles. The van der Waals surface area contributed by atoms with Crippen molar-refractivity contribution in [3.63, 3.8) is 0 Å². The first kappa shape index (κ1) is 10.3. The maximum absolute atomic E-state index is 8.24. The Morgan fingerprint density at radius 2 is 2.00 bits per heavy atom. The van der Waals surface area contributed by atoms with Crippen molar-refractivity contribution < 1.29 is 4.79 Å². The van der Waals surface area contributed by atoms with E-state index in [9.17, 15) is 0 Å². The van der Waals surface area contributed by atoms with Gasteiger partial charge in [-0.25, -0.2) is 0 Å². The Kier molecular flexibility index (Phi) is 5.24. The molecule has 0 atom stereocenters. The third-order valence-electron chi connectivity index (χ3n) is 1.41. The van der Waals surface area contributed by atoms with E-state index in [0.29, 0.717) is 6.08 Å². The van der Waals surface area contributed by atoms with Crippen LogP contribution in [0.3, 0.4) is 0 Å². The molecule has 0 saturated carbocycles. The molecule has 1 aromatic rings. The second-order valence-corrected chi connectivity index (χ2v) is 2.15. The normalized spacial score (nSPS) is 7.42. The van der Waals surface area contributed by atoms with Gasteiger partial charge in [-0.15, -0.1) is 0 Å². The van der Waals surface area contributed by atoms with E-state index in [2.05, 4.69) is 25.6 Å². The summed E-state index contributed by atoms with van der Waals surface area (Å²) in [7, 11) is 0. The number of isocyanates is 1. The fourth-order valence-electron chi connectivity index (χ4n) is 0.816. The fourth-order valence-corrected chi connectivity index (χ4v) is 0.816. The van der Waals surface area contributed by atoms with Gasteiger partial charge in [0.05, 0.1) is 0 Å². The Morgan fingerprint density at radius 1 is 1.50 bits per heavy atom. The van der Waals surface area contributed by atoms with Crippen molar-refractivity contribution in [3.8, 4) is 0 Å². The van der Waals surface area contributed by atoms with Crippen LogP contribution in [0, 0.1) is 6.92 Å². The maximum Gasteiger partial charge on any atom is -0.0159 e. The van der Waals surface area contributed by atoms with E-state index in [0.717, 1.165) is 0 Å². The first-order valence-electron chi connectivity index (χ1n) is 3.45. The van der Waals surface area contributed by atoms with Gasteiger partial charge in [-0.1, -0.05) is 36.9 Å². The summed E-state index contributed by atoms with van der Waals surface area (Å²) in [6.07, 6.45) is 2.37. The largest absolute Gasteiger partial charge is 0.724 e. The molecule has 1 aromatic carbocycles. The molecule has 0 aliphatic rings. The number of benzene rings is 1. The number of rotatable bonds is 1. The molecule has 2 nitrogen and oxygen atoms in total. The number of nitrogens with zero attached hydrogens (tertiary/aromatic N) is 1. The summed E-state index contributed by atoms with van der Waals surface area (Å²) in [4.78, 5) is 8.24. The molecule has 12 heavy (non-hydrogen) atoms. The minimum atomic E-state index is 0.500. The third kappa shape index (κ3) is 3.49. The predicted molar refractivity (Wildman–Crippen MR) is 50.3 cm³/mol. The summed E-state index contributed by atoms with van der Waals surface area (Å²) >= 11 is 0. The first-order valence-corrected chi connectivity index (χ1v) is 3.45. The number of carbonyl (C=O) groups excluding carboxylic acids is 1. The van der Waals surface area contributed by atoms with Gasteiger partial charge < -0.3 is 5.41 Å². The Bertz CT molecular complexity index is 286. The van der Waals surface area contributed by atoms with Crippen molar-refractivity contribution in [2.24, 2.45) is 0 Å². The smallest absolute Gasteiger partial charge is 0.0159 e. The lowest BCUT2D eigenvalue weighted by Gasteiger charge is -1.95. The van der Waals surface area contributed by atoms with Crippen LogP contribution < -0.4 is 0 Å². The number of hydrogen-bond acceptors (Lipinski definition) is 1. The molecule has 0 bridgehead atoms. The van der Waals surface area contributed by atoms with Crippen LogP contribution in [0.15, 0.2) is 30.8 Å². The second-order valence-electron chi connectivity index (χ2n) is 2.15. The van der Waals surface area contributed by atoms with Gasteiger partial charge in [0, 0.05) is 0 Å². The zero-order valence-electron chi connectivity index (χ0n) is 6.95. The third-order valence-corrected chi connectivity index (χ3v) is 1.41. The van der Waals surface area contributed by atoms with E-state index in [1.54, 1.807) is 0 Å². The van der Waals surface area contributed by atoms with Crippen molar-refractivity contribution in [2.45, 2.75) is 6.92 Å². The Balaban J connectivity index is 0.000000354. The van der Waals surface area contributed by atoms with Crippen molar-refractivity contribution in [1.29, 1.82) is 0 Å². The molecule has 2 heteroatoms. The van der Waals surface area contributed by atoms with Gasteiger partial charge in [0.2, 0.25) is 0 Å². The van der Waals surface area contributed by atoms with Crippen molar-refractivity contribution >= 4 is 12.2 Å². The molecule has 0 unspecified atom stereocenters. The molecule has 1 rings (SSSR count). The molecular weight excluding hydrogens is 150 g/mol. The van der Waals surface area contributed by atoms with E-state index in [1.807, 2.05) is 18.2 Å². The van der Waals surface area contributed by atoms with Gasteiger partial charge in [-0.2, -0.15) is 0 Å². The highest BCUT2D eigenvalue weighted by Gasteiger charge is 1.86. The topological polar surface area (TPSA) is 39.4 Å². The van der Waals surface area contributed by atoms with E-state index >= 15 is 0 Å². The molecule has 0 N–H and O–H groups in total. The SMILES string of the molecule is C=Cc1ccccc1C.[N-]=C=O. The molecule has 0 aromatic heterocycles. The number of hydrogen-bond donors (Lipinski definition) is 0. The van der Waals surface area contributed by atoms with Crippen molar-refractivity contribution in [2.75, 3.05) is 0 Å². The summed E-state index contributed by atoms with van der Waals surface area (Å²) in [6.45, 7) is 5.77. The molecule has 0 heterocycles. The van der Waals surface area contributed by atoms with Gasteiger partial charge in [0.15, 0.2) is 0 Å². The van der Waals surface area contributed by atoms with Gasteiger partial charge >= 0.3 is 0 Å². The van der Waals surface area contributed by atoms with Crippen LogP contribution >= 0.6 is 0 Å². The molecular formula is C10H10NO-. The van der Waals surface area contributed by atoms with Crippen molar-refractivity contribution in [1.82, 2.24) is 0 Å². The molecule has 0 aliphatic heterocycles. The van der Waals surface area contributed by atoms with Gasteiger partial charge in [0.1, 0.15) is 0 Å². The zero-order valence-corrected chi connectivity index (χ0v) is 6.95. The fraction of sp³-hybridized carbons (Fsp3) is 0.100. The molecule has 0 fully saturated rings. The first-order chi connectivity index (χ1) is 5.76. The van der Waals surface area contributed by atoms with Gasteiger partial charge in [-0.05, 0) is 24.1 Å². The summed E-state index contributed by atoms with van der Waals surface area (Å²) in [5.74, 6) is 0. The van der Waals surface area contributed by atoms with E-state index in [-0.39, 0.29) is 0 Å². The zero-order chi connectivity index (χ0) is 9.40. The standard InChI is InChI=1S/C9H10.CNO/c1-3-9-7-5-4-6-8(9)2;2-1-3/h3-7H,1H2,2H3;/q;-1. The summed E-state index contributed by atoms with van der Waals surface area (Å²) < 4.78 is 0. The quantitative estimate of drug-likeness (QED) is 0.459. The molecule has 0 aliphatic carbocycles. The lowest BCUT2D eigenvalue weighted by atomic mass is 10.1. The lowest BCUT2D eigenvalue weighted by molar-refractivity contribution is 0.569. The minimum absolute atomic E-state index is 0.500. The average molecular weight is 160 g/mol.